The van der Waals surface area contributed by atoms with Crippen molar-refractivity contribution in [1.82, 2.24) is 4.31 Å². The third-order valence-corrected chi connectivity index (χ3v) is 6.73. The first-order chi connectivity index (χ1) is 14.4. The molecule has 2 aliphatic rings. The van der Waals surface area contributed by atoms with Gasteiger partial charge in [0.1, 0.15) is 18.9 Å². The molecule has 10 nitrogen and oxygen atoms in total. The molecule has 158 valence electrons. The van der Waals surface area contributed by atoms with E-state index >= 15 is 0 Å². The molecule has 0 amide bonds. The summed E-state index contributed by atoms with van der Waals surface area (Å²) in [5, 5.41) is 15.5. The highest BCUT2D eigenvalue weighted by atomic mass is 32.2. The average Bonchev–Trinajstić information content (AvgIpc) is 3.29. The molecule has 0 atom stereocenters. The molecule has 2 heterocycles. The number of rotatable bonds is 6. The molecule has 2 aromatic carbocycles. The van der Waals surface area contributed by atoms with Crippen LogP contribution in [-0.4, -0.2) is 50.2 Å². The van der Waals surface area contributed by atoms with Crippen LogP contribution in [0.4, 0.5) is 11.4 Å². The molecule has 1 fully saturated rings. The van der Waals surface area contributed by atoms with E-state index in [1.165, 1.54) is 22.7 Å². The van der Waals surface area contributed by atoms with Gasteiger partial charge in [-0.05, 0) is 48.7 Å². The van der Waals surface area contributed by atoms with E-state index in [2.05, 4.69) is 10.5 Å². The Morgan fingerprint density at radius 2 is 1.80 bits per heavy atom. The van der Waals surface area contributed by atoms with Crippen LogP contribution in [0.1, 0.15) is 18.4 Å². The van der Waals surface area contributed by atoms with Crippen LogP contribution in [-0.2, 0) is 10.0 Å². The van der Waals surface area contributed by atoms with Crippen LogP contribution < -0.4 is 14.9 Å². The summed E-state index contributed by atoms with van der Waals surface area (Å²) in [6.07, 6.45) is 3.06. The number of nitro groups is 1. The second-order valence-corrected chi connectivity index (χ2v) is 8.76. The number of benzene rings is 2. The van der Waals surface area contributed by atoms with Crippen LogP contribution in [0, 0.1) is 10.1 Å². The van der Waals surface area contributed by atoms with E-state index in [4.69, 9.17) is 9.47 Å². The highest BCUT2D eigenvalue weighted by Gasteiger charge is 2.29. The second kappa shape index (κ2) is 8.28. The molecule has 0 radical (unpaired) electrons. The maximum absolute atomic E-state index is 12.7. The van der Waals surface area contributed by atoms with Crippen LogP contribution in [0.5, 0.6) is 11.5 Å². The fraction of sp³-hybridized carbons (Fsp3) is 0.316. The van der Waals surface area contributed by atoms with E-state index in [9.17, 15) is 18.5 Å². The normalized spacial score (nSPS) is 16.7. The largest absolute Gasteiger partial charge is 0.486 e. The van der Waals surface area contributed by atoms with Crippen molar-refractivity contribution in [3.63, 3.8) is 0 Å². The lowest BCUT2D eigenvalue weighted by atomic mass is 10.2. The van der Waals surface area contributed by atoms with Gasteiger partial charge in [0.15, 0.2) is 11.5 Å². The molecule has 0 aromatic heterocycles. The fourth-order valence-electron chi connectivity index (χ4n) is 3.31. The average molecular weight is 432 g/mol. The van der Waals surface area contributed by atoms with Crippen LogP contribution >= 0.6 is 0 Å². The summed E-state index contributed by atoms with van der Waals surface area (Å²) in [7, 11) is -3.75. The predicted molar refractivity (Wildman–Crippen MR) is 110 cm³/mol. The van der Waals surface area contributed by atoms with Crippen molar-refractivity contribution in [2.75, 3.05) is 31.7 Å². The lowest BCUT2D eigenvalue weighted by Crippen LogP contribution is -2.27. The molecule has 4 rings (SSSR count). The van der Waals surface area contributed by atoms with Gasteiger partial charge < -0.3 is 9.47 Å². The highest BCUT2D eigenvalue weighted by molar-refractivity contribution is 7.89. The van der Waals surface area contributed by atoms with Crippen molar-refractivity contribution in [3.8, 4) is 11.5 Å². The lowest BCUT2D eigenvalue weighted by molar-refractivity contribution is -0.384. The van der Waals surface area contributed by atoms with Crippen molar-refractivity contribution in [2.45, 2.75) is 17.7 Å². The number of nitrogens with one attached hydrogen (secondary N) is 1. The van der Waals surface area contributed by atoms with E-state index in [0.717, 1.165) is 18.9 Å². The van der Waals surface area contributed by atoms with Gasteiger partial charge in [0.2, 0.25) is 10.0 Å². The zero-order valence-corrected chi connectivity index (χ0v) is 16.8. The Balaban J connectivity index is 1.54. The molecule has 1 N–H and O–H groups in total. The molecular weight excluding hydrogens is 412 g/mol. The van der Waals surface area contributed by atoms with Gasteiger partial charge in [-0.3, -0.25) is 15.5 Å². The minimum absolute atomic E-state index is 0.0918. The van der Waals surface area contributed by atoms with Gasteiger partial charge in [-0.15, -0.1) is 0 Å². The highest BCUT2D eigenvalue weighted by Crippen LogP contribution is 2.31. The third kappa shape index (κ3) is 4.07. The number of fused-ring (bicyclic) bond motifs is 1. The molecule has 2 aliphatic heterocycles. The Labute approximate surface area is 173 Å². The zero-order valence-electron chi connectivity index (χ0n) is 16.0. The monoisotopic (exact) mass is 432 g/mol. The minimum Gasteiger partial charge on any atom is -0.486 e. The van der Waals surface area contributed by atoms with Crippen molar-refractivity contribution in [1.29, 1.82) is 0 Å². The van der Waals surface area contributed by atoms with Gasteiger partial charge in [0.25, 0.3) is 5.69 Å². The van der Waals surface area contributed by atoms with Gasteiger partial charge in [-0.1, -0.05) is 0 Å². The van der Waals surface area contributed by atoms with Crippen LogP contribution in [0.3, 0.4) is 0 Å². The Morgan fingerprint density at radius 1 is 1.07 bits per heavy atom. The maximum atomic E-state index is 12.7. The first-order valence-electron chi connectivity index (χ1n) is 9.42. The number of hydrogen-bond donors (Lipinski definition) is 1. The zero-order chi connectivity index (χ0) is 21.1. The molecule has 1 saturated heterocycles. The number of sulfonamides is 1. The summed E-state index contributed by atoms with van der Waals surface area (Å²) < 4.78 is 37.6. The molecule has 0 aliphatic carbocycles. The molecule has 0 bridgehead atoms. The van der Waals surface area contributed by atoms with Gasteiger partial charge in [-0.25, -0.2) is 8.42 Å². The van der Waals surface area contributed by atoms with E-state index in [-0.39, 0.29) is 16.3 Å². The summed E-state index contributed by atoms with van der Waals surface area (Å²) in [5.74, 6) is 1.25. The molecule has 0 unspecified atom stereocenters. The molecule has 0 spiro atoms. The standard InChI is InChI=1S/C19H20N4O6S/c24-23(25)17-12-15(30(26,27)22-7-1-2-8-22)4-5-16(17)21-20-13-14-3-6-18-19(11-14)29-10-9-28-18/h3-6,11-13,21H,1-2,7-10H2. The van der Waals surface area contributed by atoms with Crippen LogP contribution in [0.2, 0.25) is 0 Å². The minimum atomic E-state index is -3.75. The first kappa shape index (κ1) is 20.1. The summed E-state index contributed by atoms with van der Waals surface area (Å²) in [6, 6.07) is 9.05. The Bertz CT molecular complexity index is 1100. The Hall–Kier alpha value is -3.18. The van der Waals surface area contributed by atoms with Crippen molar-refractivity contribution in [2.24, 2.45) is 5.10 Å². The summed E-state index contributed by atoms with van der Waals surface area (Å²) in [4.78, 5) is 10.8. The molecular formula is C19H20N4O6S. The topological polar surface area (TPSA) is 123 Å². The lowest BCUT2D eigenvalue weighted by Gasteiger charge is -2.18. The predicted octanol–water partition coefficient (Wildman–Crippen LogP) is 2.60. The summed E-state index contributed by atoms with van der Waals surface area (Å²) >= 11 is 0. The molecule has 0 saturated carbocycles. The maximum Gasteiger partial charge on any atom is 0.295 e. The van der Waals surface area contributed by atoms with E-state index in [0.29, 0.717) is 43.4 Å². The Morgan fingerprint density at radius 3 is 2.53 bits per heavy atom. The SMILES string of the molecule is O=[N+]([O-])c1cc(S(=O)(=O)N2CCCC2)ccc1NN=Cc1ccc2c(c1)OCCO2. The number of nitro benzene ring substituents is 1. The summed E-state index contributed by atoms with van der Waals surface area (Å²) in [6.45, 7) is 1.81. The van der Waals surface area contributed by atoms with Gasteiger partial charge in [0.05, 0.1) is 16.0 Å². The van der Waals surface area contributed by atoms with Crippen molar-refractivity contribution in [3.05, 3.63) is 52.1 Å². The molecule has 30 heavy (non-hydrogen) atoms. The number of anilines is 1. The van der Waals surface area contributed by atoms with Crippen molar-refractivity contribution >= 4 is 27.6 Å². The van der Waals surface area contributed by atoms with E-state index in [1.807, 2.05) is 0 Å². The third-order valence-electron chi connectivity index (χ3n) is 4.83. The van der Waals surface area contributed by atoms with Crippen LogP contribution in [0.15, 0.2) is 46.4 Å². The van der Waals surface area contributed by atoms with Crippen LogP contribution in [0.25, 0.3) is 0 Å². The molecule has 2 aromatic rings. The van der Waals surface area contributed by atoms with Gasteiger partial charge in [-0.2, -0.15) is 9.41 Å². The van der Waals surface area contributed by atoms with E-state index < -0.39 is 14.9 Å². The smallest absolute Gasteiger partial charge is 0.295 e. The van der Waals surface area contributed by atoms with Crippen molar-refractivity contribution < 1.29 is 22.8 Å². The number of hydrogen-bond acceptors (Lipinski definition) is 8. The first-order valence-corrected chi connectivity index (χ1v) is 10.9. The Kier molecular flexibility index (Phi) is 5.55. The number of ether oxygens (including phenoxy) is 2. The second-order valence-electron chi connectivity index (χ2n) is 6.82. The quantitative estimate of drug-likeness (QED) is 0.423. The molecule has 11 heteroatoms. The number of nitrogens with zero attached hydrogens (tertiary/aromatic N) is 3. The number of hydrazone groups is 1. The fourth-order valence-corrected chi connectivity index (χ4v) is 4.85. The van der Waals surface area contributed by atoms with Gasteiger partial charge in [0, 0.05) is 19.2 Å². The van der Waals surface area contributed by atoms with Gasteiger partial charge >= 0.3 is 0 Å². The van der Waals surface area contributed by atoms with E-state index in [1.54, 1.807) is 18.2 Å². The summed E-state index contributed by atoms with van der Waals surface area (Å²) in [5.41, 5.74) is 3.06.